The molecule has 0 radical (unpaired) electrons. The maximum Gasteiger partial charge on any atom is 0.325 e. The first-order valence-electron chi connectivity index (χ1n) is 6.87. The Labute approximate surface area is 123 Å². The van der Waals surface area contributed by atoms with Crippen molar-refractivity contribution in [1.29, 1.82) is 0 Å². The van der Waals surface area contributed by atoms with Crippen LogP contribution in [0, 0.1) is 5.82 Å². The summed E-state index contributed by atoms with van der Waals surface area (Å²) in [6, 6.07) is 5.05. The highest BCUT2D eigenvalue weighted by Crippen LogP contribution is 2.38. The number of sulfonamides is 1. The summed E-state index contributed by atoms with van der Waals surface area (Å²) < 4.78 is 40.1. The van der Waals surface area contributed by atoms with Gasteiger partial charge >= 0.3 is 5.97 Å². The Bertz CT molecular complexity index is 646. The van der Waals surface area contributed by atoms with Crippen LogP contribution in [-0.2, 0) is 14.8 Å². The van der Waals surface area contributed by atoms with Gasteiger partial charge in [-0.3, -0.25) is 4.79 Å². The topological polar surface area (TPSA) is 74.7 Å². The highest BCUT2D eigenvalue weighted by atomic mass is 32.2. The van der Waals surface area contributed by atoms with Crippen LogP contribution in [0.25, 0.3) is 0 Å². The average molecular weight is 315 g/mol. The molecule has 7 heteroatoms. The lowest BCUT2D eigenvalue weighted by molar-refractivity contribution is -0.147. The van der Waals surface area contributed by atoms with Crippen LogP contribution in [0.5, 0.6) is 0 Å². The number of carboxylic acid groups (broad SMARTS) is 1. The number of benzene rings is 1. The van der Waals surface area contributed by atoms with Crippen molar-refractivity contribution < 1.29 is 22.7 Å². The summed E-state index contributed by atoms with van der Waals surface area (Å²) in [5.74, 6) is -2.03. The zero-order valence-electron chi connectivity index (χ0n) is 11.8. The molecule has 5 nitrogen and oxygen atoms in total. The van der Waals surface area contributed by atoms with Crippen LogP contribution in [0.15, 0.2) is 29.2 Å². The van der Waals surface area contributed by atoms with E-state index in [2.05, 4.69) is 0 Å². The largest absolute Gasteiger partial charge is 0.480 e. The highest BCUT2D eigenvalue weighted by Gasteiger charge is 2.52. The van der Waals surface area contributed by atoms with Gasteiger partial charge in [0.15, 0.2) is 0 Å². The predicted octanol–water partition coefficient (Wildman–Crippen LogP) is 2.23. The smallest absolute Gasteiger partial charge is 0.325 e. The lowest BCUT2D eigenvalue weighted by atomic mass is 9.92. The van der Waals surface area contributed by atoms with Gasteiger partial charge in [-0.1, -0.05) is 25.5 Å². The van der Waals surface area contributed by atoms with E-state index in [4.69, 9.17) is 0 Å². The van der Waals surface area contributed by atoms with Gasteiger partial charge < -0.3 is 5.11 Å². The van der Waals surface area contributed by atoms with Crippen molar-refractivity contribution in [1.82, 2.24) is 4.31 Å². The van der Waals surface area contributed by atoms with E-state index in [9.17, 15) is 22.7 Å². The van der Waals surface area contributed by atoms with Gasteiger partial charge in [0.2, 0.25) is 10.0 Å². The molecule has 0 amide bonds. The van der Waals surface area contributed by atoms with E-state index in [0.29, 0.717) is 12.8 Å². The van der Waals surface area contributed by atoms with Gasteiger partial charge in [-0.2, -0.15) is 4.31 Å². The van der Waals surface area contributed by atoms with Crippen molar-refractivity contribution in [3.63, 3.8) is 0 Å². The summed E-state index contributed by atoms with van der Waals surface area (Å²) in [6.45, 7) is 1.90. The van der Waals surface area contributed by atoms with E-state index in [1.807, 2.05) is 0 Å². The molecule has 0 bridgehead atoms. The SMILES string of the molecule is CCCC1(C(=O)O)CCCN1S(=O)(=O)c1ccccc1F. The maximum absolute atomic E-state index is 13.8. The minimum Gasteiger partial charge on any atom is -0.480 e. The number of halogens is 1. The number of carboxylic acids is 1. The molecule has 21 heavy (non-hydrogen) atoms. The van der Waals surface area contributed by atoms with E-state index < -0.39 is 32.2 Å². The monoisotopic (exact) mass is 315 g/mol. The third-order valence-corrected chi connectivity index (χ3v) is 5.89. The second-order valence-corrected chi connectivity index (χ2v) is 7.03. The minimum atomic E-state index is -4.17. The number of rotatable bonds is 5. The molecule has 1 aromatic rings. The molecular weight excluding hydrogens is 297 g/mol. The Kier molecular flexibility index (Phi) is 4.34. The first-order valence-corrected chi connectivity index (χ1v) is 8.31. The van der Waals surface area contributed by atoms with Crippen LogP contribution in [0.4, 0.5) is 4.39 Å². The Morgan fingerprint density at radius 3 is 2.67 bits per heavy atom. The predicted molar refractivity (Wildman–Crippen MR) is 74.8 cm³/mol. The molecule has 2 rings (SSSR count). The third kappa shape index (κ3) is 2.55. The molecule has 1 unspecified atom stereocenters. The second-order valence-electron chi connectivity index (χ2n) is 5.20. The molecule has 1 heterocycles. The van der Waals surface area contributed by atoms with Crippen LogP contribution in [0.1, 0.15) is 32.6 Å². The van der Waals surface area contributed by atoms with Crippen molar-refractivity contribution in [3.8, 4) is 0 Å². The zero-order chi connectivity index (χ0) is 15.7. The van der Waals surface area contributed by atoms with Gasteiger partial charge in [0, 0.05) is 6.54 Å². The standard InChI is InChI=1S/C14H18FNO4S/c1-2-8-14(13(17)18)9-5-10-16(14)21(19,20)12-7-4-3-6-11(12)15/h3-4,6-7H,2,5,8-10H2,1H3,(H,17,18). The molecule has 1 N–H and O–H groups in total. The van der Waals surface area contributed by atoms with Gasteiger partial charge in [0.25, 0.3) is 0 Å². The fraction of sp³-hybridized carbons (Fsp3) is 0.500. The maximum atomic E-state index is 13.8. The molecule has 1 aliphatic rings. The molecular formula is C14H18FNO4S. The summed E-state index contributed by atoms with van der Waals surface area (Å²) in [5.41, 5.74) is -1.46. The fourth-order valence-electron chi connectivity index (χ4n) is 2.96. The van der Waals surface area contributed by atoms with Crippen molar-refractivity contribution in [2.24, 2.45) is 0 Å². The van der Waals surface area contributed by atoms with Crippen LogP contribution in [0.3, 0.4) is 0 Å². The minimum absolute atomic E-state index is 0.100. The molecule has 1 aromatic carbocycles. The molecule has 1 fully saturated rings. The first-order chi connectivity index (χ1) is 9.86. The Balaban J connectivity index is 2.53. The van der Waals surface area contributed by atoms with E-state index in [1.165, 1.54) is 18.2 Å². The van der Waals surface area contributed by atoms with Crippen molar-refractivity contribution in [2.75, 3.05) is 6.54 Å². The summed E-state index contributed by atoms with van der Waals surface area (Å²) >= 11 is 0. The van der Waals surface area contributed by atoms with Crippen LogP contribution in [-0.4, -0.2) is 35.9 Å². The summed E-state index contributed by atoms with van der Waals surface area (Å²) in [6.07, 6.45) is 1.47. The molecule has 0 aliphatic carbocycles. The molecule has 1 aliphatic heterocycles. The highest BCUT2D eigenvalue weighted by molar-refractivity contribution is 7.89. The first kappa shape index (κ1) is 15.9. The molecule has 1 saturated heterocycles. The molecule has 0 saturated carbocycles. The van der Waals surface area contributed by atoms with E-state index in [1.54, 1.807) is 6.92 Å². The number of nitrogens with zero attached hydrogens (tertiary/aromatic N) is 1. The van der Waals surface area contributed by atoms with Gasteiger partial charge in [0.1, 0.15) is 16.3 Å². The molecule has 0 aromatic heterocycles. The Hall–Kier alpha value is -1.47. The lowest BCUT2D eigenvalue weighted by Gasteiger charge is -2.33. The van der Waals surface area contributed by atoms with Gasteiger partial charge in [0.05, 0.1) is 0 Å². The van der Waals surface area contributed by atoms with Crippen molar-refractivity contribution in [3.05, 3.63) is 30.1 Å². The normalized spacial score (nSPS) is 23.3. The Morgan fingerprint density at radius 2 is 2.10 bits per heavy atom. The van der Waals surface area contributed by atoms with Crippen LogP contribution >= 0.6 is 0 Å². The lowest BCUT2D eigenvalue weighted by Crippen LogP contribution is -2.53. The second kappa shape index (κ2) is 5.73. The number of aliphatic carboxylic acids is 1. The van der Waals surface area contributed by atoms with Gasteiger partial charge in [-0.25, -0.2) is 12.8 Å². The van der Waals surface area contributed by atoms with Crippen molar-refractivity contribution in [2.45, 2.75) is 43.0 Å². The van der Waals surface area contributed by atoms with E-state index in [0.717, 1.165) is 10.4 Å². The number of hydrogen-bond donors (Lipinski definition) is 1. The Morgan fingerprint density at radius 1 is 1.43 bits per heavy atom. The zero-order valence-corrected chi connectivity index (χ0v) is 12.6. The third-order valence-electron chi connectivity index (χ3n) is 3.90. The van der Waals surface area contributed by atoms with Gasteiger partial charge in [-0.15, -0.1) is 0 Å². The average Bonchev–Trinajstić information content (AvgIpc) is 2.85. The van der Waals surface area contributed by atoms with Crippen molar-refractivity contribution >= 4 is 16.0 Å². The van der Waals surface area contributed by atoms with E-state index in [-0.39, 0.29) is 19.4 Å². The summed E-state index contributed by atoms with van der Waals surface area (Å²) in [5, 5.41) is 9.54. The number of hydrogen-bond acceptors (Lipinski definition) is 3. The van der Waals surface area contributed by atoms with Crippen LogP contribution < -0.4 is 0 Å². The molecule has 1 atom stereocenters. The summed E-state index contributed by atoms with van der Waals surface area (Å²) in [4.78, 5) is 11.2. The van der Waals surface area contributed by atoms with Crippen LogP contribution in [0.2, 0.25) is 0 Å². The van der Waals surface area contributed by atoms with Gasteiger partial charge in [-0.05, 0) is 31.4 Å². The summed E-state index contributed by atoms with van der Waals surface area (Å²) in [7, 11) is -4.17. The molecule has 116 valence electrons. The number of carbonyl (C=O) groups is 1. The fourth-order valence-corrected chi connectivity index (χ4v) is 4.85. The molecule has 0 spiro atoms. The quantitative estimate of drug-likeness (QED) is 0.904. The van der Waals surface area contributed by atoms with E-state index >= 15 is 0 Å².